The maximum absolute atomic E-state index is 13.0. The second kappa shape index (κ2) is 8.88. The van der Waals surface area contributed by atoms with E-state index in [1.54, 1.807) is 11.1 Å². The van der Waals surface area contributed by atoms with Crippen molar-refractivity contribution >= 4 is 23.2 Å². The van der Waals surface area contributed by atoms with Gasteiger partial charge in [-0.2, -0.15) is 5.10 Å². The molecular formula is C24H29N5O2. The highest BCUT2D eigenvalue weighted by molar-refractivity contribution is 5.95. The van der Waals surface area contributed by atoms with Crippen LogP contribution >= 0.6 is 0 Å². The first-order valence-electron chi connectivity index (χ1n) is 10.9. The Hall–Kier alpha value is -3.22. The second-order valence-electron chi connectivity index (χ2n) is 8.65. The van der Waals surface area contributed by atoms with Crippen LogP contribution in [0.5, 0.6) is 0 Å². The van der Waals surface area contributed by atoms with Crippen LogP contribution in [0.4, 0.5) is 5.82 Å². The van der Waals surface area contributed by atoms with Crippen molar-refractivity contribution in [2.24, 2.45) is 5.92 Å². The Morgan fingerprint density at radius 1 is 1.32 bits per heavy atom. The van der Waals surface area contributed by atoms with Gasteiger partial charge in [0.15, 0.2) is 5.82 Å². The van der Waals surface area contributed by atoms with Crippen LogP contribution in [0.1, 0.15) is 61.9 Å². The average molecular weight is 420 g/mol. The maximum atomic E-state index is 13.0. The summed E-state index contributed by atoms with van der Waals surface area (Å²) >= 11 is 0. The van der Waals surface area contributed by atoms with Gasteiger partial charge in [0.05, 0.1) is 11.6 Å². The zero-order valence-electron chi connectivity index (χ0n) is 18.1. The average Bonchev–Trinajstić information content (AvgIpc) is 3.53. The lowest BCUT2D eigenvalue weighted by atomic mass is 9.88. The fraction of sp³-hybridized carbons (Fsp3) is 0.417. The molecule has 4 rings (SSSR count). The highest BCUT2D eigenvalue weighted by Gasteiger charge is 2.28. The van der Waals surface area contributed by atoms with E-state index >= 15 is 0 Å². The van der Waals surface area contributed by atoms with Gasteiger partial charge in [0.1, 0.15) is 0 Å². The van der Waals surface area contributed by atoms with E-state index in [0.29, 0.717) is 24.8 Å². The van der Waals surface area contributed by atoms with E-state index in [-0.39, 0.29) is 23.7 Å². The number of hydrogen-bond donors (Lipinski definition) is 2. The van der Waals surface area contributed by atoms with Crippen LogP contribution in [-0.2, 0) is 9.59 Å². The number of nitrogens with one attached hydrogen (secondary N) is 2. The molecule has 1 saturated carbocycles. The number of carbonyl (C=O) groups is 2. The van der Waals surface area contributed by atoms with Crippen molar-refractivity contribution in [3.63, 3.8) is 0 Å². The second-order valence-corrected chi connectivity index (χ2v) is 8.65. The molecule has 2 aliphatic rings. The van der Waals surface area contributed by atoms with Crippen molar-refractivity contribution < 1.29 is 9.59 Å². The quantitative estimate of drug-likeness (QED) is 0.667. The molecule has 2 amide bonds. The fourth-order valence-electron chi connectivity index (χ4n) is 4.07. The Kier molecular flexibility index (Phi) is 6.02. The topological polar surface area (TPSA) is 91.0 Å². The van der Waals surface area contributed by atoms with Gasteiger partial charge < -0.3 is 10.2 Å². The molecule has 162 valence electrons. The summed E-state index contributed by atoms with van der Waals surface area (Å²) < 4.78 is 0. The Morgan fingerprint density at radius 2 is 2.13 bits per heavy atom. The van der Waals surface area contributed by atoms with E-state index in [1.165, 1.54) is 18.9 Å². The van der Waals surface area contributed by atoms with Crippen LogP contribution in [0.15, 0.2) is 43.1 Å². The number of rotatable bonds is 7. The maximum Gasteiger partial charge on any atom is 0.246 e. The van der Waals surface area contributed by atoms with Gasteiger partial charge in [0, 0.05) is 37.0 Å². The van der Waals surface area contributed by atoms with E-state index in [2.05, 4.69) is 33.2 Å². The number of carbonyl (C=O) groups excluding carboxylic acids is 2. The third kappa shape index (κ3) is 4.76. The fourth-order valence-corrected chi connectivity index (χ4v) is 4.07. The molecule has 0 aromatic carbocycles. The molecule has 0 saturated heterocycles. The molecule has 0 radical (unpaired) electrons. The Labute approximate surface area is 182 Å². The van der Waals surface area contributed by atoms with Crippen molar-refractivity contribution in [3.8, 4) is 0 Å². The van der Waals surface area contributed by atoms with E-state index in [4.69, 9.17) is 0 Å². The Balaban J connectivity index is 1.47. The van der Waals surface area contributed by atoms with Gasteiger partial charge in [-0.3, -0.25) is 19.7 Å². The molecule has 2 N–H and O–H groups in total. The number of anilines is 1. The van der Waals surface area contributed by atoms with Crippen LogP contribution in [-0.4, -0.2) is 45.0 Å². The minimum atomic E-state index is -0.332. The third-order valence-corrected chi connectivity index (χ3v) is 5.93. The number of aromatic nitrogens is 3. The van der Waals surface area contributed by atoms with Crippen molar-refractivity contribution in [2.45, 2.75) is 44.9 Å². The molecule has 1 unspecified atom stereocenters. The first-order chi connectivity index (χ1) is 15.0. The molecule has 1 aliphatic heterocycles. The number of amides is 2. The zero-order chi connectivity index (χ0) is 22.0. The molecule has 1 aliphatic carbocycles. The summed E-state index contributed by atoms with van der Waals surface area (Å²) in [5.74, 6) is 0.745. The molecule has 7 heteroatoms. The lowest BCUT2D eigenvalue weighted by Crippen LogP contribution is -2.34. The predicted molar refractivity (Wildman–Crippen MR) is 120 cm³/mol. The molecule has 7 nitrogen and oxygen atoms in total. The molecule has 31 heavy (non-hydrogen) atoms. The predicted octanol–water partition coefficient (Wildman–Crippen LogP) is 3.86. The van der Waals surface area contributed by atoms with Crippen LogP contribution in [0.25, 0.3) is 5.57 Å². The van der Waals surface area contributed by atoms with Gasteiger partial charge in [-0.05, 0) is 48.5 Å². The van der Waals surface area contributed by atoms with Crippen LogP contribution in [0.2, 0.25) is 0 Å². The van der Waals surface area contributed by atoms with Crippen molar-refractivity contribution in [2.75, 3.05) is 18.4 Å². The number of H-pyrrole nitrogens is 1. The molecule has 2 aromatic heterocycles. The first kappa shape index (κ1) is 21.0. The van der Waals surface area contributed by atoms with Gasteiger partial charge in [-0.1, -0.05) is 32.6 Å². The van der Waals surface area contributed by atoms with E-state index in [1.807, 2.05) is 32.0 Å². The normalized spacial score (nSPS) is 17.3. The van der Waals surface area contributed by atoms with E-state index in [9.17, 15) is 9.59 Å². The molecule has 3 heterocycles. The highest BCUT2D eigenvalue weighted by Crippen LogP contribution is 2.39. The molecule has 1 atom stereocenters. The Bertz CT molecular complexity index is 1000. The first-order valence-corrected chi connectivity index (χ1v) is 10.9. The van der Waals surface area contributed by atoms with E-state index < -0.39 is 0 Å². The molecule has 2 aromatic rings. The number of aromatic amines is 1. The number of hydrogen-bond acceptors (Lipinski definition) is 4. The molecule has 0 spiro atoms. The van der Waals surface area contributed by atoms with Gasteiger partial charge >= 0.3 is 0 Å². The summed E-state index contributed by atoms with van der Waals surface area (Å²) in [6.07, 6.45) is 8.39. The summed E-state index contributed by atoms with van der Waals surface area (Å²) in [5.41, 5.74) is 3.80. The van der Waals surface area contributed by atoms with E-state index in [0.717, 1.165) is 28.9 Å². The van der Waals surface area contributed by atoms with Gasteiger partial charge in [-0.15, -0.1) is 0 Å². The molecular weight excluding hydrogens is 390 g/mol. The van der Waals surface area contributed by atoms with Crippen LogP contribution < -0.4 is 5.32 Å². The summed E-state index contributed by atoms with van der Waals surface area (Å²) in [5, 5.41) is 10.2. The standard InChI is InChI=1S/C24H29N5O2/c1-4-22(30)29-11-5-6-18(14-29)19-10-9-17(13-25-19)23(15(2)3)24(31)26-21-12-20(27-28-21)16-7-8-16/h4,6,9-10,12-13,15-16,23H,1,5,7-8,11,14H2,2-3H3,(H2,26,27,28,31). The van der Waals surface area contributed by atoms with Gasteiger partial charge in [-0.25, -0.2) is 0 Å². The summed E-state index contributed by atoms with van der Waals surface area (Å²) in [6, 6.07) is 5.83. The largest absolute Gasteiger partial charge is 0.334 e. The summed E-state index contributed by atoms with van der Waals surface area (Å²) in [6.45, 7) is 8.84. The molecule has 1 fully saturated rings. The lowest BCUT2D eigenvalue weighted by molar-refractivity contribution is -0.125. The number of pyridine rings is 1. The third-order valence-electron chi connectivity index (χ3n) is 5.93. The SMILES string of the molecule is C=CC(=O)N1CCC=C(c2ccc(C(C(=O)Nc3cc(C4CC4)[nH]n3)C(C)C)cn2)C1. The minimum Gasteiger partial charge on any atom is -0.334 e. The smallest absolute Gasteiger partial charge is 0.246 e. The lowest BCUT2D eigenvalue weighted by Gasteiger charge is -2.26. The van der Waals surface area contributed by atoms with Crippen LogP contribution in [0, 0.1) is 5.92 Å². The summed E-state index contributed by atoms with van der Waals surface area (Å²) in [7, 11) is 0. The summed E-state index contributed by atoms with van der Waals surface area (Å²) in [4.78, 5) is 31.3. The minimum absolute atomic E-state index is 0.0676. The van der Waals surface area contributed by atoms with Crippen LogP contribution in [0.3, 0.4) is 0 Å². The Morgan fingerprint density at radius 3 is 2.77 bits per heavy atom. The van der Waals surface area contributed by atoms with Crippen molar-refractivity contribution in [1.29, 1.82) is 0 Å². The van der Waals surface area contributed by atoms with Gasteiger partial charge in [0.25, 0.3) is 0 Å². The number of nitrogens with zero attached hydrogens (tertiary/aromatic N) is 3. The van der Waals surface area contributed by atoms with Gasteiger partial charge in [0.2, 0.25) is 11.8 Å². The zero-order valence-corrected chi connectivity index (χ0v) is 18.1. The van der Waals surface area contributed by atoms with Crippen molar-refractivity contribution in [1.82, 2.24) is 20.1 Å². The molecule has 0 bridgehead atoms. The highest BCUT2D eigenvalue weighted by atomic mass is 16.2. The monoisotopic (exact) mass is 419 g/mol. The van der Waals surface area contributed by atoms with Crippen molar-refractivity contribution in [3.05, 3.63) is 60.1 Å².